The minimum atomic E-state index is -3.35. The van der Waals surface area contributed by atoms with Gasteiger partial charge in [0.2, 0.25) is 0 Å². The van der Waals surface area contributed by atoms with Crippen molar-refractivity contribution >= 4 is 10.2 Å². The highest BCUT2D eigenvalue weighted by atomic mass is 32.2. The van der Waals surface area contributed by atoms with Crippen LogP contribution in [-0.4, -0.2) is 64.0 Å². The second-order valence-electron chi connectivity index (χ2n) is 6.39. The van der Waals surface area contributed by atoms with Crippen LogP contribution >= 0.6 is 0 Å². The largest absolute Gasteiger partial charge is 0.281 e. The molecule has 8 nitrogen and oxygen atoms in total. The van der Waals surface area contributed by atoms with Crippen LogP contribution in [0.2, 0.25) is 0 Å². The Morgan fingerprint density at radius 1 is 1.24 bits per heavy atom. The Morgan fingerprint density at radius 3 is 2.72 bits per heavy atom. The molecule has 0 bridgehead atoms. The zero-order valence-electron chi connectivity index (χ0n) is 14.8. The summed E-state index contributed by atoms with van der Waals surface area (Å²) in [5, 5.41) is 4.30. The van der Waals surface area contributed by atoms with Gasteiger partial charge >= 0.3 is 0 Å². The SMILES string of the molecule is CCn1nccc1-c1nccnc1C[C@H]1CCN(S(=O)(=O)N(C)C)C1. The number of rotatable bonds is 6. The Labute approximate surface area is 148 Å². The summed E-state index contributed by atoms with van der Waals surface area (Å²) in [6, 6.07) is 1.94. The highest BCUT2D eigenvalue weighted by molar-refractivity contribution is 7.86. The van der Waals surface area contributed by atoms with Crippen molar-refractivity contribution in [3.63, 3.8) is 0 Å². The molecular weight excluding hydrogens is 340 g/mol. The first-order valence-corrected chi connectivity index (χ1v) is 9.82. The van der Waals surface area contributed by atoms with Crippen molar-refractivity contribution in [2.24, 2.45) is 5.92 Å². The van der Waals surface area contributed by atoms with Gasteiger partial charge < -0.3 is 0 Å². The first kappa shape index (κ1) is 18.0. The monoisotopic (exact) mass is 364 g/mol. The molecular formula is C16H24N6O2S. The van der Waals surface area contributed by atoms with Crippen molar-refractivity contribution in [1.29, 1.82) is 0 Å². The normalized spacial score (nSPS) is 19.0. The van der Waals surface area contributed by atoms with Crippen LogP contribution in [0, 0.1) is 5.92 Å². The predicted octanol–water partition coefficient (Wildman–Crippen LogP) is 1.03. The van der Waals surface area contributed by atoms with E-state index in [1.807, 2.05) is 17.7 Å². The zero-order valence-corrected chi connectivity index (χ0v) is 15.6. The fourth-order valence-electron chi connectivity index (χ4n) is 3.19. The van der Waals surface area contributed by atoms with Crippen LogP contribution in [0.25, 0.3) is 11.4 Å². The highest BCUT2D eigenvalue weighted by Gasteiger charge is 2.33. The van der Waals surface area contributed by atoms with E-state index < -0.39 is 10.2 Å². The first-order valence-electron chi connectivity index (χ1n) is 8.43. The Bertz CT molecular complexity index is 833. The van der Waals surface area contributed by atoms with Crippen molar-refractivity contribution in [3.05, 3.63) is 30.4 Å². The van der Waals surface area contributed by atoms with Crippen molar-refractivity contribution in [1.82, 2.24) is 28.4 Å². The molecule has 1 saturated heterocycles. The molecule has 1 aliphatic rings. The van der Waals surface area contributed by atoms with Crippen molar-refractivity contribution < 1.29 is 8.42 Å². The van der Waals surface area contributed by atoms with E-state index in [0.29, 0.717) is 19.5 Å². The highest BCUT2D eigenvalue weighted by Crippen LogP contribution is 2.27. The van der Waals surface area contributed by atoms with Gasteiger partial charge in [-0.05, 0) is 31.7 Å². The third kappa shape index (κ3) is 3.58. The average Bonchev–Trinajstić information content (AvgIpc) is 3.24. The van der Waals surface area contributed by atoms with E-state index in [-0.39, 0.29) is 5.92 Å². The third-order valence-electron chi connectivity index (χ3n) is 4.55. The number of hydrogen-bond donors (Lipinski definition) is 0. The second kappa shape index (κ2) is 7.19. The molecule has 0 unspecified atom stereocenters. The van der Waals surface area contributed by atoms with Crippen LogP contribution in [0.3, 0.4) is 0 Å². The van der Waals surface area contributed by atoms with Gasteiger partial charge in [-0.2, -0.15) is 22.1 Å². The second-order valence-corrected chi connectivity index (χ2v) is 8.53. The van der Waals surface area contributed by atoms with Gasteiger partial charge in [0.25, 0.3) is 10.2 Å². The molecule has 0 N–H and O–H groups in total. The van der Waals surface area contributed by atoms with Gasteiger partial charge in [-0.3, -0.25) is 14.6 Å². The maximum atomic E-state index is 12.3. The summed E-state index contributed by atoms with van der Waals surface area (Å²) >= 11 is 0. The van der Waals surface area contributed by atoms with Crippen molar-refractivity contribution in [2.45, 2.75) is 26.3 Å². The minimum Gasteiger partial charge on any atom is -0.264 e. The molecule has 1 atom stereocenters. The summed E-state index contributed by atoms with van der Waals surface area (Å²) in [6.07, 6.45) is 6.67. The molecule has 0 spiro atoms. The lowest BCUT2D eigenvalue weighted by atomic mass is 10.0. The Balaban J connectivity index is 1.79. The van der Waals surface area contributed by atoms with Crippen LogP contribution in [0.1, 0.15) is 19.0 Å². The fourth-order valence-corrected chi connectivity index (χ4v) is 4.39. The van der Waals surface area contributed by atoms with Gasteiger partial charge in [0.05, 0.1) is 11.4 Å². The molecule has 136 valence electrons. The summed E-state index contributed by atoms with van der Waals surface area (Å²) in [6.45, 7) is 3.86. The maximum absolute atomic E-state index is 12.3. The molecule has 9 heteroatoms. The average molecular weight is 364 g/mol. The Morgan fingerprint density at radius 2 is 2.00 bits per heavy atom. The van der Waals surface area contributed by atoms with E-state index in [4.69, 9.17) is 0 Å². The van der Waals surface area contributed by atoms with Crippen LogP contribution in [0.15, 0.2) is 24.7 Å². The molecule has 0 saturated carbocycles. The lowest BCUT2D eigenvalue weighted by Gasteiger charge is -2.21. The van der Waals surface area contributed by atoms with E-state index in [1.165, 1.54) is 4.31 Å². The molecule has 0 amide bonds. The molecule has 2 aromatic rings. The lowest BCUT2D eigenvalue weighted by Crippen LogP contribution is -2.38. The molecule has 1 aliphatic heterocycles. The van der Waals surface area contributed by atoms with Crippen molar-refractivity contribution in [2.75, 3.05) is 27.2 Å². The van der Waals surface area contributed by atoms with Crippen LogP contribution in [-0.2, 0) is 23.2 Å². The van der Waals surface area contributed by atoms with Crippen molar-refractivity contribution in [3.8, 4) is 11.4 Å². The predicted molar refractivity (Wildman–Crippen MR) is 94.9 cm³/mol. The number of aryl methyl sites for hydroxylation is 1. The van der Waals surface area contributed by atoms with Crippen LogP contribution in [0.4, 0.5) is 0 Å². The van der Waals surface area contributed by atoms with Gasteiger partial charge in [-0.25, -0.2) is 0 Å². The van der Waals surface area contributed by atoms with Gasteiger partial charge in [-0.15, -0.1) is 0 Å². The molecule has 0 aromatic carbocycles. The van der Waals surface area contributed by atoms with E-state index in [9.17, 15) is 8.42 Å². The molecule has 0 radical (unpaired) electrons. The smallest absolute Gasteiger partial charge is 0.264 e. The number of hydrogen-bond acceptors (Lipinski definition) is 5. The van der Waals surface area contributed by atoms with Crippen LogP contribution < -0.4 is 0 Å². The maximum Gasteiger partial charge on any atom is 0.281 e. The molecule has 2 aromatic heterocycles. The van der Waals surface area contributed by atoms with Gasteiger partial charge in [0.15, 0.2) is 0 Å². The standard InChI is InChI=1S/C16H24N6O2S/c1-4-22-15(5-7-19-22)16-14(17-8-9-18-16)11-13-6-10-21(12-13)25(23,24)20(2)3/h5,7-9,13H,4,6,10-12H2,1-3H3/t13-/m1/s1. The van der Waals surface area contributed by atoms with Gasteiger partial charge in [0.1, 0.15) is 5.69 Å². The van der Waals surface area contributed by atoms with Gasteiger partial charge in [0, 0.05) is 52.3 Å². The van der Waals surface area contributed by atoms with E-state index in [1.54, 1.807) is 37.0 Å². The third-order valence-corrected chi connectivity index (χ3v) is 6.46. The molecule has 3 heterocycles. The lowest BCUT2D eigenvalue weighted by molar-refractivity contribution is 0.409. The summed E-state index contributed by atoms with van der Waals surface area (Å²) in [7, 11) is -0.220. The fraction of sp³-hybridized carbons (Fsp3) is 0.562. The topological polar surface area (TPSA) is 84.2 Å². The molecule has 25 heavy (non-hydrogen) atoms. The summed E-state index contributed by atoms with van der Waals surface area (Å²) in [5.74, 6) is 0.239. The van der Waals surface area contributed by atoms with E-state index in [2.05, 4.69) is 15.1 Å². The van der Waals surface area contributed by atoms with E-state index in [0.717, 1.165) is 30.0 Å². The summed E-state index contributed by atoms with van der Waals surface area (Å²) < 4.78 is 29.3. The van der Waals surface area contributed by atoms with Gasteiger partial charge in [-0.1, -0.05) is 0 Å². The zero-order chi connectivity index (χ0) is 18.0. The summed E-state index contributed by atoms with van der Waals surface area (Å²) in [4.78, 5) is 9.02. The Hall–Kier alpha value is -1.84. The summed E-state index contributed by atoms with van der Waals surface area (Å²) in [5.41, 5.74) is 2.67. The first-order chi connectivity index (χ1) is 11.9. The van der Waals surface area contributed by atoms with E-state index >= 15 is 0 Å². The Kier molecular flexibility index (Phi) is 5.16. The molecule has 3 rings (SSSR count). The molecule has 1 fully saturated rings. The number of nitrogens with zero attached hydrogens (tertiary/aromatic N) is 6. The number of aromatic nitrogens is 4. The quantitative estimate of drug-likeness (QED) is 0.764. The van der Waals surface area contributed by atoms with Crippen LogP contribution in [0.5, 0.6) is 0 Å². The minimum absolute atomic E-state index is 0.239. The molecule has 0 aliphatic carbocycles.